The highest BCUT2D eigenvalue weighted by Gasteiger charge is 2.24. The Morgan fingerprint density at radius 1 is 0.897 bits per heavy atom. The summed E-state index contributed by atoms with van der Waals surface area (Å²) < 4.78 is 11.0. The molecule has 2 aliphatic rings. The molecule has 3 N–H and O–H groups in total. The van der Waals surface area contributed by atoms with Crippen LogP contribution in [0.15, 0.2) is 93.3 Å². The maximum absolute atomic E-state index is 13.3. The number of piperidine rings is 2. The molecule has 2 saturated heterocycles. The van der Waals surface area contributed by atoms with Crippen molar-refractivity contribution in [3.63, 3.8) is 0 Å². The molecule has 0 spiro atoms. The summed E-state index contributed by atoms with van der Waals surface area (Å²) in [5.41, 5.74) is 5.58. The van der Waals surface area contributed by atoms with Gasteiger partial charge in [-0.2, -0.15) is 10.2 Å². The largest absolute Gasteiger partial charge is 0.470 e. The molecule has 0 radical (unpaired) electrons. The molecule has 2 fully saturated rings. The lowest BCUT2D eigenvalue weighted by Crippen LogP contribution is -2.39. The number of aryl methyl sites for hydroxylation is 2. The van der Waals surface area contributed by atoms with Crippen molar-refractivity contribution in [2.75, 3.05) is 36.4 Å². The van der Waals surface area contributed by atoms with E-state index in [0.717, 1.165) is 54.8 Å². The van der Waals surface area contributed by atoms with Crippen LogP contribution < -0.4 is 15.5 Å². The third kappa shape index (κ3) is 12.6. The average molecular weight is 792 g/mol. The number of nitrogens with zero attached hydrogens (tertiary/aromatic N) is 6. The van der Waals surface area contributed by atoms with E-state index < -0.39 is 17.7 Å². The number of amides is 2. The zero-order valence-electron chi connectivity index (χ0n) is 34.4. The highest BCUT2D eigenvalue weighted by molar-refractivity contribution is 6.10. The third-order valence-corrected chi connectivity index (χ3v) is 10.7. The molecule has 308 valence electrons. The standard InChI is InChI=1S/C44H57N9O5/c1-30-26-40(31(2)25-36(30)27-58-41(28-57-29-45)50-48-38-17-19-39(20-18-38)53-24-9-7-12-33(53)4)47-44(56)42(34(5)54)51-49-37-15-13-35(14-16-37)43(55)46-21-10-23-52-22-8-6-11-32(52)3/h13-20,25-26,28-29,32-33,42,45H,6-12,21-24,27H2,1-5H3,(H,46,55)(H,47,56)/b41-28-,45-29?,50-48?,51-49?. The van der Waals surface area contributed by atoms with E-state index in [9.17, 15) is 14.4 Å². The number of nitrogens with one attached hydrogen (secondary N) is 3. The summed E-state index contributed by atoms with van der Waals surface area (Å²) in [7, 11) is 0. The summed E-state index contributed by atoms with van der Waals surface area (Å²) in [6.45, 7) is 13.3. The Labute approximate surface area is 341 Å². The molecule has 58 heavy (non-hydrogen) atoms. The van der Waals surface area contributed by atoms with E-state index in [-0.39, 0.29) is 18.4 Å². The van der Waals surface area contributed by atoms with Crippen molar-refractivity contribution in [1.29, 1.82) is 5.41 Å². The average Bonchev–Trinajstić information content (AvgIpc) is 3.22. The number of ether oxygens (including phenoxy) is 2. The first-order valence-electron chi connectivity index (χ1n) is 20.2. The number of benzene rings is 3. The molecule has 2 heterocycles. The Balaban J connectivity index is 1.13. The second-order valence-corrected chi connectivity index (χ2v) is 15.1. The summed E-state index contributed by atoms with van der Waals surface area (Å²) in [5, 5.41) is 29.8. The molecule has 0 saturated carbocycles. The van der Waals surface area contributed by atoms with Crippen LogP contribution in [0.3, 0.4) is 0 Å². The maximum Gasteiger partial charge on any atom is 0.269 e. The predicted octanol–water partition coefficient (Wildman–Crippen LogP) is 9.08. The van der Waals surface area contributed by atoms with E-state index in [1.807, 2.05) is 44.2 Å². The van der Waals surface area contributed by atoms with Crippen LogP contribution in [-0.4, -0.2) is 73.2 Å². The second-order valence-electron chi connectivity index (χ2n) is 15.1. The lowest BCUT2D eigenvalue weighted by molar-refractivity contribution is -0.126. The molecule has 0 bridgehead atoms. The SMILES string of the molecule is CC(=O)C(N=Nc1ccc(C(=O)NCCCN2CCCCC2C)cc1)C(=O)Nc1cc(C)c(CO/C(=C\OC=N)N=Nc2ccc(N3CCCCC3C)cc2)cc1C. The smallest absolute Gasteiger partial charge is 0.269 e. The van der Waals surface area contributed by atoms with E-state index in [4.69, 9.17) is 14.9 Å². The van der Waals surface area contributed by atoms with Gasteiger partial charge in [-0.05, 0) is 151 Å². The Morgan fingerprint density at radius 2 is 1.59 bits per heavy atom. The van der Waals surface area contributed by atoms with Crippen LogP contribution >= 0.6 is 0 Å². The number of hydrogen-bond donors (Lipinski definition) is 3. The molecule has 3 atom stereocenters. The zero-order chi connectivity index (χ0) is 41.4. The fourth-order valence-corrected chi connectivity index (χ4v) is 7.20. The number of carbonyl (C=O) groups excluding carboxylic acids is 3. The fourth-order valence-electron chi connectivity index (χ4n) is 7.20. The van der Waals surface area contributed by atoms with Gasteiger partial charge in [0, 0.05) is 48.7 Å². The van der Waals surface area contributed by atoms with Gasteiger partial charge >= 0.3 is 0 Å². The van der Waals surface area contributed by atoms with Crippen LogP contribution in [0.1, 0.15) is 92.8 Å². The van der Waals surface area contributed by atoms with Crippen molar-refractivity contribution in [2.24, 2.45) is 20.5 Å². The molecule has 3 unspecified atom stereocenters. The van der Waals surface area contributed by atoms with Crippen molar-refractivity contribution in [1.82, 2.24) is 10.2 Å². The van der Waals surface area contributed by atoms with Crippen molar-refractivity contribution in [3.05, 3.63) is 95.1 Å². The molecular weight excluding hydrogens is 735 g/mol. The van der Waals surface area contributed by atoms with Gasteiger partial charge in [-0.3, -0.25) is 19.8 Å². The Bertz CT molecular complexity index is 1960. The van der Waals surface area contributed by atoms with Gasteiger partial charge in [-0.25, -0.2) is 0 Å². The zero-order valence-corrected chi connectivity index (χ0v) is 34.4. The summed E-state index contributed by atoms with van der Waals surface area (Å²) in [6, 6.07) is 17.8. The monoisotopic (exact) mass is 791 g/mol. The quantitative estimate of drug-likeness (QED) is 0.0288. The van der Waals surface area contributed by atoms with E-state index >= 15 is 0 Å². The fraction of sp³-hybridized carbons (Fsp3) is 0.455. The van der Waals surface area contributed by atoms with E-state index in [1.165, 1.54) is 51.7 Å². The summed E-state index contributed by atoms with van der Waals surface area (Å²) in [5.74, 6) is -1.18. The molecule has 3 aromatic carbocycles. The van der Waals surface area contributed by atoms with Gasteiger partial charge in [0.05, 0.1) is 11.4 Å². The summed E-state index contributed by atoms with van der Waals surface area (Å²) in [4.78, 5) is 43.4. The minimum atomic E-state index is -1.37. The number of ketones is 1. The van der Waals surface area contributed by atoms with Gasteiger partial charge in [0.2, 0.25) is 6.04 Å². The number of carbonyl (C=O) groups is 3. The number of anilines is 2. The van der Waals surface area contributed by atoms with Crippen molar-refractivity contribution in [3.8, 4) is 0 Å². The minimum Gasteiger partial charge on any atom is -0.470 e. The van der Waals surface area contributed by atoms with Gasteiger partial charge in [0.15, 0.2) is 18.4 Å². The second kappa shape index (κ2) is 21.7. The minimum absolute atomic E-state index is 0.0764. The third-order valence-electron chi connectivity index (χ3n) is 10.7. The summed E-state index contributed by atoms with van der Waals surface area (Å²) in [6.07, 6.45) is 10.2. The number of hydrogen-bond acceptors (Lipinski definition) is 12. The first-order valence-corrected chi connectivity index (χ1v) is 20.2. The predicted molar refractivity (Wildman–Crippen MR) is 226 cm³/mol. The Morgan fingerprint density at radius 3 is 2.28 bits per heavy atom. The topological polar surface area (TPSA) is 174 Å². The van der Waals surface area contributed by atoms with Gasteiger partial charge in [0.1, 0.15) is 6.61 Å². The highest BCUT2D eigenvalue weighted by Crippen LogP contribution is 2.28. The number of azo groups is 2. The van der Waals surface area contributed by atoms with Gasteiger partial charge in [-0.1, -0.05) is 12.5 Å². The van der Waals surface area contributed by atoms with Crippen LogP contribution in [0.25, 0.3) is 0 Å². The van der Waals surface area contributed by atoms with Crippen molar-refractivity contribution >= 4 is 46.7 Å². The maximum atomic E-state index is 13.3. The Hall–Kier alpha value is -5.76. The number of Topliss-reactive ketones (excluding diaryl/α,β-unsaturated/α-hetero) is 1. The van der Waals surface area contributed by atoms with E-state index in [1.54, 1.807) is 30.3 Å². The van der Waals surface area contributed by atoms with Gasteiger partial charge in [-0.15, -0.1) is 10.2 Å². The van der Waals surface area contributed by atoms with Crippen LogP contribution in [-0.2, 0) is 25.7 Å². The van der Waals surface area contributed by atoms with Crippen molar-refractivity contribution < 1.29 is 23.9 Å². The molecule has 0 aromatic heterocycles. The molecule has 2 aliphatic heterocycles. The van der Waals surface area contributed by atoms with Crippen LogP contribution in [0.4, 0.5) is 22.7 Å². The summed E-state index contributed by atoms with van der Waals surface area (Å²) >= 11 is 0. The van der Waals surface area contributed by atoms with Gasteiger partial charge < -0.3 is 29.9 Å². The van der Waals surface area contributed by atoms with E-state index in [0.29, 0.717) is 41.3 Å². The van der Waals surface area contributed by atoms with Gasteiger partial charge in [0.25, 0.3) is 17.7 Å². The molecule has 14 nitrogen and oxygen atoms in total. The molecule has 2 amide bonds. The molecular formula is C44H57N9O5. The Kier molecular flexibility index (Phi) is 16.2. The number of rotatable bonds is 18. The lowest BCUT2D eigenvalue weighted by atomic mass is 10.0. The van der Waals surface area contributed by atoms with E-state index in [2.05, 4.69) is 54.7 Å². The normalized spacial score (nSPS) is 18.2. The molecule has 0 aliphatic carbocycles. The highest BCUT2D eigenvalue weighted by atomic mass is 16.5. The van der Waals surface area contributed by atoms with Crippen LogP contribution in [0.2, 0.25) is 0 Å². The molecule has 14 heteroatoms. The first-order chi connectivity index (χ1) is 28.0. The van der Waals surface area contributed by atoms with Crippen LogP contribution in [0.5, 0.6) is 0 Å². The molecule has 5 rings (SSSR count). The number of likely N-dealkylation sites (tertiary alicyclic amines) is 1. The first kappa shape index (κ1) is 43.4. The lowest BCUT2D eigenvalue weighted by Gasteiger charge is -2.35. The van der Waals surface area contributed by atoms with Crippen LogP contribution in [0, 0.1) is 19.3 Å². The van der Waals surface area contributed by atoms with Crippen molar-refractivity contribution in [2.45, 2.75) is 104 Å². The molecule has 3 aromatic rings.